The summed E-state index contributed by atoms with van der Waals surface area (Å²) in [7, 11) is 0. The van der Waals surface area contributed by atoms with Gasteiger partial charge in [-0.3, -0.25) is 9.97 Å². The van der Waals surface area contributed by atoms with Gasteiger partial charge in [0.05, 0.1) is 32.6 Å². The maximum atomic E-state index is 4.62. The summed E-state index contributed by atoms with van der Waals surface area (Å²) in [6, 6.07) is 8.39. The Morgan fingerprint density at radius 1 is 0.571 bits per heavy atom. The number of aromatic nitrogens is 2. The molecule has 0 atom stereocenters. The Labute approximate surface area is 189 Å². The van der Waals surface area contributed by atoms with Crippen LogP contribution < -0.4 is 0 Å². The molecule has 0 amide bonds. The molecule has 0 fully saturated rings. The number of pyridine rings is 2. The Hall–Kier alpha value is -0.640. The molecule has 0 spiro atoms. The number of hydrogen-bond donors (Lipinski definition) is 0. The molecule has 0 bridgehead atoms. The highest BCUT2D eigenvalue weighted by Crippen LogP contribution is 2.71. The summed E-state index contributed by atoms with van der Waals surface area (Å²) in [4.78, 5) is 12.1. The van der Waals surface area contributed by atoms with Crippen LogP contribution in [0.2, 0.25) is 0 Å². The third kappa shape index (κ3) is 2.80. The first-order valence-electron chi connectivity index (χ1n) is 8.57. The predicted octanol–water partition coefficient (Wildman–Crippen LogP) is 8.12. The maximum Gasteiger partial charge on any atom is 0.0971 e. The highest BCUT2D eigenvalue weighted by molar-refractivity contribution is 8.49. The first kappa shape index (κ1) is 18.2. The number of nitrogens with zero attached hydrogens (tertiary/aromatic N) is 2. The Morgan fingerprint density at radius 3 is 1.50 bits per heavy atom. The van der Waals surface area contributed by atoms with Gasteiger partial charge < -0.3 is 0 Å². The number of thioether (sulfide) groups is 6. The van der Waals surface area contributed by atoms with Crippen molar-refractivity contribution in [3.63, 3.8) is 0 Å². The lowest BCUT2D eigenvalue weighted by Gasteiger charge is -2.09. The predicted molar refractivity (Wildman–Crippen MR) is 131 cm³/mol. The molecule has 0 saturated heterocycles. The molecule has 2 aromatic rings. The zero-order chi connectivity index (χ0) is 18.8. The number of rotatable bonds is 0. The van der Waals surface area contributed by atoms with E-state index in [4.69, 9.17) is 0 Å². The average molecular weight is 473 g/mol. The molecule has 28 heavy (non-hydrogen) atoms. The van der Waals surface area contributed by atoms with Gasteiger partial charge in [0.1, 0.15) is 0 Å². The van der Waals surface area contributed by atoms with Gasteiger partial charge in [0, 0.05) is 29.1 Å². The Bertz CT molecular complexity index is 1110. The quantitative estimate of drug-likeness (QED) is 0.323. The highest BCUT2D eigenvalue weighted by Gasteiger charge is 2.37. The monoisotopic (exact) mass is 472 g/mol. The fourth-order valence-electron chi connectivity index (χ4n) is 3.25. The first-order chi connectivity index (χ1) is 13.7. The molecule has 0 radical (unpaired) electrons. The van der Waals surface area contributed by atoms with Crippen LogP contribution >= 0.6 is 70.6 Å². The molecule has 0 unspecified atom stereocenters. The zero-order valence-corrected chi connectivity index (χ0v) is 19.7. The van der Waals surface area contributed by atoms with E-state index in [1.807, 2.05) is 95.1 Å². The van der Waals surface area contributed by atoms with Gasteiger partial charge in [0.15, 0.2) is 0 Å². The molecule has 1 aliphatic carbocycles. The molecule has 4 aliphatic rings. The standard InChI is InChI=1S/C20H12N2S6/c1-9-10(2)24-17(23-9)18-27-19-20(28-18)26-16(25-19)13-11-5-3-7-21-14(11)15-12(13)6-4-8-22-15/h3-8H,1-2H3. The van der Waals surface area contributed by atoms with Crippen molar-refractivity contribution in [3.8, 4) is 11.4 Å². The minimum atomic E-state index is 1.01. The lowest BCUT2D eigenvalue weighted by molar-refractivity contribution is 1.26. The van der Waals surface area contributed by atoms with E-state index in [0.717, 1.165) is 11.4 Å². The molecule has 8 heteroatoms. The summed E-state index contributed by atoms with van der Waals surface area (Å²) in [5.74, 6) is 0. The van der Waals surface area contributed by atoms with Crippen molar-refractivity contribution in [1.29, 1.82) is 0 Å². The number of hydrogen-bond acceptors (Lipinski definition) is 8. The molecule has 2 aromatic heterocycles. The second kappa shape index (κ2) is 6.96. The molecule has 0 aromatic carbocycles. The molecule has 6 rings (SSSR count). The van der Waals surface area contributed by atoms with Crippen LogP contribution in [0.25, 0.3) is 17.0 Å². The summed E-state index contributed by atoms with van der Waals surface area (Å²) in [6.45, 7) is 4.43. The third-order valence-electron chi connectivity index (χ3n) is 4.64. The van der Waals surface area contributed by atoms with Crippen molar-refractivity contribution in [2.75, 3.05) is 0 Å². The largest absolute Gasteiger partial charge is 0.254 e. The van der Waals surface area contributed by atoms with Gasteiger partial charge in [0.2, 0.25) is 0 Å². The van der Waals surface area contributed by atoms with Gasteiger partial charge in [-0.05, 0) is 35.8 Å². The average Bonchev–Trinajstić information content (AvgIpc) is 3.42. The van der Waals surface area contributed by atoms with Crippen molar-refractivity contribution in [2.24, 2.45) is 0 Å². The Kier molecular flexibility index (Phi) is 4.51. The second-order valence-electron chi connectivity index (χ2n) is 6.34. The number of fused-ring (bicyclic) bond motifs is 3. The lowest BCUT2D eigenvalue weighted by atomic mass is 10.1. The molecule has 138 valence electrons. The summed E-state index contributed by atoms with van der Waals surface area (Å²) in [5.41, 5.74) is 5.72. The van der Waals surface area contributed by atoms with E-state index in [9.17, 15) is 0 Å². The SMILES string of the molecule is CC1=C(C)SC(=C2SC3=C(S2)SC(=C2c4cccnc4-c4ncccc42)S3)S1. The van der Waals surface area contributed by atoms with E-state index in [2.05, 4.69) is 35.9 Å². The van der Waals surface area contributed by atoms with E-state index < -0.39 is 0 Å². The van der Waals surface area contributed by atoms with Crippen LogP contribution in [0.4, 0.5) is 0 Å². The molecular formula is C20H12N2S6. The van der Waals surface area contributed by atoms with Gasteiger partial charge in [0.25, 0.3) is 0 Å². The van der Waals surface area contributed by atoms with E-state index in [1.54, 1.807) is 0 Å². The zero-order valence-electron chi connectivity index (χ0n) is 14.8. The van der Waals surface area contributed by atoms with Gasteiger partial charge in [-0.15, -0.1) is 0 Å². The van der Waals surface area contributed by atoms with Crippen LogP contribution in [0.5, 0.6) is 0 Å². The normalized spacial score (nSPS) is 20.5. The van der Waals surface area contributed by atoms with Crippen LogP contribution in [-0.4, -0.2) is 9.97 Å². The second-order valence-corrected chi connectivity index (χ2v) is 14.2. The van der Waals surface area contributed by atoms with Crippen molar-refractivity contribution in [1.82, 2.24) is 9.97 Å². The van der Waals surface area contributed by atoms with E-state index in [0.29, 0.717) is 0 Å². The molecule has 0 saturated carbocycles. The molecule has 5 heterocycles. The minimum absolute atomic E-state index is 1.01. The number of allylic oxidation sites excluding steroid dienone is 2. The third-order valence-corrected chi connectivity index (χ3v) is 13.4. The molecule has 3 aliphatic heterocycles. The smallest absolute Gasteiger partial charge is 0.0971 e. The van der Waals surface area contributed by atoms with Crippen LogP contribution in [0.15, 0.2) is 67.7 Å². The van der Waals surface area contributed by atoms with Crippen LogP contribution in [-0.2, 0) is 0 Å². The van der Waals surface area contributed by atoms with E-state index >= 15 is 0 Å². The Balaban J connectivity index is 1.35. The fourth-order valence-corrected chi connectivity index (χ4v) is 12.5. The Morgan fingerprint density at radius 2 is 1.00 bits per heavy atom. The van der Waals surface area contributed by atoms with E-state index in [1.165, 1.54) is 47.7 Å². The van der Waals surface area contributed by atoms with Crippen LogP contribution in [0, 0.1) is 0 Å². The topological polar surface area (TPSA) is 25.8 Å². The highest BCUT2D eigenvalue weighted by atomic mass is 32.3. The van der Waals surface area contributed by atoms with Crippen molar-refractivity contribution < 1.29 is 0 Å². The lowest BCUT2D eigenvalue weighted by Crippen LogP contribution is -1.84. The summed E-state index contributed by atoms with van der Waals surface area (Å²) < 4.78 is 7.08. The van der Waals surface area contributed by atoms with Crippen molar-refractivity contribution in [2.45, 2.75) is 13.8 Å². The van der Waals surface area contributed by atoms with Crippen molar-refractivity contribution >= 4 is 76.1 Å². The minimum Gasteiger partial charge on any atom is -0.254 e. The summed E-state index contributed by atoms with van der Waals surface area (Å²) in [6.07, 6.45) is 3.72. The maximum absolute atomic E-state index is 4.62. The van der Waals surface area contributed by atoms with Crippen molar-refractivity contribution in [3.05, 3.63) is 78.8 Å². The molecule has 2 nitrogen and oxygen atoms in total. The van der Waals surface area contributed by atoms with Gasteiger partial charge in [-0.2, -0.15) is 0 Å². The van der Waals surface area contributed by atoms with Gasteiger partial charge in [-0.25, -0.2) is 0 Å². The summed E-state index contributed by atoms with van der Waals surface area (Å²) in [5, 5.41) is 0. The van der Waals surface area contributed by atoms with Gasteiger partial charge in [-0.1, -0.05) is 82.7 Å². The first-order valence-corrected chi connectivity index (χ1v) is 13.5. The molecular weight excluding hydrogens is 461 g/mol. The molecule has 0 N–H and O–H groups in total. The van der Waals surface area contributed by atoms with Crippen LogP contribution in [0.3, 0.4) is 0 Å². The van der Waals surface area contributed by atoms with E-state index in [-0.39, 0.29) is 0 Å². The van der Waals surface area contributed by atoms with Gasteiger partial charge >= 0.3 is 0 Å². The summed E-state index contributed by atoms with van der Waals surface area (Å²) >= 11 is 11.5. The fraction of sp³-hybridized carbons (Fsp3) is 0.100. The van der Waals surface area contributed by atoms with Crippen LogP contribution in [0.1, 0.15) is 25.0 Å².